The van der Waals surface area contributed by atoms with Crippen LogP contribution in [0.4, 0.5) is 21.0 Å². The molecule has 34 heavy (non-hydrogen) atoms. The van der Waals surface area contributed by atoms with Gasteiger partial charge in [0.05, 0.1) is 30.4 Å². The molecule has 2 aliphatic rings. The second-order valence-corrected chi connectivity index (χ2v) is 9.22. The smallest absolute Gasteiger partial charge is 0.407 e. The van der Waals surface area contributed by atoms with Gasteiger partial charge in [-0.05, 0) is 36.6 Å². The molecule has 10 nitrogen and oxygen atoms in total. The minimum atomic E-state index is -0.992. The summed E-state index contributed by atoms with van der Waals surface area (Å²) in [5.74, 6) is 0.392. The van der Waals surface area contributed by atoms with E-state index < -0.39 is 6.09 Å². The predicted molar refractivity (Wildman–Crippen MR) is 128 cm³/mol. The Bertz CT molecular complexity index is 1270. The molecule has 5 rings (SSSR count). The number of methoxy groups -OCH3 is 1. The standard InChI is InChI=1S/C23H23N5O5S/c1-33-15-6-4-13(5-7-15)11-28-16-8-9-24-21-17(16)18(26-22(28)30)19(34-21)20(29)25-14-3-2-10-27(12-14)23(31)32/h4-9,14H,2-3,10-12H2,1H3,(H,25,29)(H,26,30)(H,31,32)/t14-/m1/s1. The third-order valence-electron chi connectivity index (χ3n) is 6.07. The number of anilines is 2. The summed E-state index contributed by atoms with van der Waals surface area (Å²) in [6, 6.07) is 8.64. The van der Waals surface area contributed by atoms with Gasteiger partial charge in [-0.3, -0.25) is 9.69 Å². The van der Waals surface area contributed by atoms with Gasteiger partial charge in [-0.1, -0.05) is 12.1 Å². The lowest BCUT2D eigenvalue weighted by molar-refractivity contribution is 0.0893. The molecule has 0 bridgehead atoms. The first-order valence-electron chi connectivity index (χ1n) is 10.9. The monoisotopic (exact) mass is 481 g/mol. The molecular formula is C23H23N5O5S. The molecule has 1 aromatic carbocycles. The molecule has 4 amide bonds. The first-order chi connectivity index (χ1) is 16.4. The van der Waals surface area contributed by atoms with E-state index in [1.165, 1.54) is 16.2 Å². The maximum Gasteiger partial charge on any atom is 0.407 e. The van der Waals surface area contributed by atoms with Crippen LogP contribution >= 0.6 is 11.3 Å². The summed E-state index contributed by atoms with van der Waals surface area (Å²) < 4.78 is 5.20. The van der Waals surface area contributed by atoms with E-state index in [1.807, 2.05) is 24.3 Å². The van der Waals surface area contributed by atoms with E-state index in [0.717, 1.165) is 16.7 Å². The molecule has 3 N–H and O–H groups in total. The summed E-state index contributed by atoms with van der Waals surface area (Å²) >= 11 is 1.21. The number of urea groups is 1. The largest absolute Gasteiger partial charge is 0.497 e. The van der Waals surface area contributed by atoms with Gasteiger partial charge in [0.25, 0.3) is 5.91 Å². The number of aromatic nitrogens is 1. The van der Waals surface area contributed by atoms with Crippen molar-refractivity contribution in [1.82, 2.24) is 15.2 Å². The molecule has 0 unspecified atom stereocenters. The number of amides is 4. The molecule has 1 fully saturated rings. The molecule has 2 aromatic heterocycles. The van der Waals surface area contributed by atoms with Gasteiger partial charge >= 0.3 is 12.1 Å². The summed E-state index contributed by atoms with van der Waals surface area (Å²) in [6.45, 7) is 1.05. The van der Waals surface area contributed by atoms with E-state index in [2.05, 4.69) is 15.6 Å². The van der Waals surface area contributed by atoms with Gasteiger partial charge in [-0.15, -0.1) is 11.3 Å². The molecule has 0 radical (unpaired) electrons. The van der Waals surface area contributed by atoms with Crippen molar-refractivity contribution in [3.8, 4) is 5.75 Å². The van der Waals surface area contributed by atoms with Gasteiger partial charge in [0.2, 0.25) is 0 Å². The van der Waals surface area contributed by atoms with E-state index in [9.17, 15) is 19.5 Å². The Morgan fingerprint density at radius 1 is 1.29 bits per heavy atom. The molecule has 1 atom stereocenters. The van der Waals surface area contributed by atoms with Crippen LogP contribution in [0.25, 0.3) is 10.2 Å². The molecule has 11 heteroatoms. The zero-order valence-corrected chi connectivity index (χ0v) is 19.2. The first-order valence-corrected chi connectivity index (χ1v) is 11.7. The quantitative estimate of drug-likeness (QED) is 0.510. The second kappa shape index (κ2) is 8.82. The fraction of sp³-hybridized carbons (Fsp3) is 0.304. The fourth-order valence-electron chi connectivity index (χ4n) is 4.38. The van der Waals surface area contributed by atoms with Crippen molar-refractivity contribution in [2.45, 2.75) is 25.4 Å². The van der Waals surface area contributed by atoms with Crippen LogP contribution < -0.4 is 20.3 Å². The fourth-order valence-corrected chi connectivity index (χ4v) is 5.41. The Morgan fingerprint density at radius 3 is 2.82 bits per heavy atom. The van der Waals surface area contributed by atoms with Crippen molar-refractivity contribution in [2.24, 2.45) is 0 Å². The summed E-state index contributed by atoms with van der Waals surface area (Å²) in [4.78, 5) is 45.9. The number of rotatable bonds is 5. The van der Waals surface area contributed by atoms with Gasteiger partial charge in [0, 0.05) is 25.3 Å². The first kappa shape index (κ1) is 22.0. The SMILES string of the molecule is COc1ccc(CN2C(=O)Nc3c(C(=O)N[C@@H]4CCCN(C(=O)O)C4)sc4nccc2c34)cc1. The summed E-state index contributed by atoms with van der Waals surface area (Å²) in [7, 11) is 1.60. The lowest BCUT2D eigenvalue weighted by Crippen LogP contribution is -2.49. The molecule has 4 heterocycles. The highest BCUT2D eigenvalue weighted by molar-refractivity contribution is 7.21. The number of carbonyl (C=O) groups excluding carboxylic acids is 2. The maximum absolute atomic E-state index is 13.1. The van der Waals surface area contributed by atoms with Gasteiger partial charge in [0.15, 0.2) is 0 Å². The van der Waals surface area contributed by atoms with Crippen LogP contribution in [0, 0.1) is 0 Å². The van der Waals surface area contributed by atoms with Crippen LogP contribution in [-0.2, 0) is 6.54 Å². The highest BCUT2D eigenvalue weighted by atomic mass is 32.1. The van der Waals surface area contributed by atoms with Gasteiger partial charge in [-0.2, -0.15) is 0 Å². The van der Waals surface area contributed by atoms with Gasteiger partial charge < -0.3 is 25.4 Å². The summed E-state index contributed by atoms with van der Waals surface area (Å²) in [5.41, 5.74) is 2.06. The van der Waals surface area contributed by atoms with Gasteiger partial charge in [-0.25, -0.2) is 14.6 Å². The number of piperidine rings is 1. The number of thiophene rings is 1. The third-order valence-corrected chi connectivity index (χ3v) is 7.17. The summed E-state index contributed by atoms with van der Waals surface area (Å²) in [5, 5.41) is 15.8. The highest BCUT2D eigenvalue weighted by Gasteiger charge is 2.33. The number of hydrogen-bond acceptors (Lipinski definition) is 6. The number of ether oxygens (including phenoxy) is 1. The molecular weight excluding hydrogens is 458 g/mol. The van der Waals surface area contributed by atoms with Crippen LogP contribution in [0.2, 0.25) is 0 Å². The number of carbonyl (C=O) groups is 3. The number of carboxylic acid groups (broad SMARTS) is 1. The number of likely N-dealkylation sites (tertiary alicyclic amines) is 1. The van der Waals surface area contributed by atoms with E-state index >= 15 is 0 Å². The van der Waals surface area contributed by atoms with E-state index in [1.54, 1.807) is 24.3 Å². The Hall–Kier alpha value is -3.86. The Kier molecular flexibility index (Phi) is 5.70. The predicted octanol–water partition coefficient (Wildman–Crippen LogP) is 3.73. The zero-order valence-electron chi connectivity index (χ0n) is 18.4. The lowest BCUT2D eigenvalue weighted by Gasteiger charge is -2.31. The van der Waals surface area contributed by atoms with E-state index in [0.29, 0.717) is 47.0 Å². The Balaban J connectivity index is 1.42. The van der Waals surface area contributed by atoms with Crippen molar-refractivity contribution in [3.05, 3.63) is 47.0 Å². The van der Waals surface area contributed by atoms with Crippen LogP contribution in [0.1, 0.15) is 28.1 Å². The molecule has 3 aromatic rings. The van der Waals surface area contributed by atoms with E-state index in [4.69, 9.17) is 4.74 Å². The topological polar surface area (TPSA) is 124 Å². The molecule has 176 valence electrons. The number of pyridine rings is 1. The molecule has 2 aliphatic heterocycles. The minimum Gasteiger partial charge on any atom is -0.497 e. The normalized spacial score (nSPS) is 17.4. The van der Waals surface area contributed by atoms with Crippen LogP contribution in [-0.4, -0.2) is 59.3 Å². The Morgan fingerprint density at radius 2 is 2.09 bits per heavy atom. The van der Waals surface area contributed by atoms with Crippen LogP contribution in [0.3, 0.4) is 0 Å². The Labute approximate surface area is 199 Å². The van der Waals surface area contributed by atoms with Crippen molar-refractivity contribution in [1.29, 1.82) is 0 Å². The van der Waals surface area contributed by atoms with Gasteiger partial charge in [0.1, 0.15) is 15.5 Å². The van der Waals surface area contributed by atoms with E-state index in [-0.39, 0.29) is 24.5 Å². The van der Waals surface area contributed by atoms with Crippen molar-refractivity contribution < 1.29 is 24.2 Å². The molecule has 0 spiro atoms. The average Bonchev–Trinajstić information content (AvgIpc) is 3.21. The number of nitrogens with zero attached hydrogens (tertiary/aromatic N) is 3. The second-order valence-electron chi connectivity index (χ2n) is 8.22. The molecule has 1 saturated heterocycles. The lowest BCUT2D eigenvalue weighted by atomic mass is 10.1. The van der Waals surface area contributed by atoms with Crippen molar-refractivity contribution >= 4 is 51.0 Å². The number of benzene rings is 1. The maximum atomic E-state index is 13.1. The van der Waals surface area contributed by atoms with Crippen LogP contribution in [0.5, 0.6) is 5.75 Å². The highest BCUT2D eigenvalue weighted by Crippen LogP contribution is 2.43. The third kappa shape index (κ3) is 3.98. The summed E-state index contributed by atoms with van der Waals surface area (Å²) in [6.07, 6.45) is 2.01. The zero-order chi connectivity index (χ0) is 23.8. The minimum absolute atomic E-state index is 0.243. The molecule has 0 aliphatic carbocycles. The van der Waals surface area contributed by atoms with Crippen LogP contribution in [0.15, 0.2) is 36.5 Å². The van der Waals surface area contributed by atoms with Crippen molar-refractivity contribution in [2.75, 3.05) is 30.4 Å². The number of hydrogen-bond donors (Lipinski definition) is 3. The average molecular weight is 482 g/mol. The van der Waals surface area contributed by atoms with Crippen molar-refractivity contribution in [3.63, 3.8) is 0 Å². The molecule has 0 saturated carbocycles. The number of nitrogens with one attached hydrogen (secondary N) is 2.